The molecule has 0 saturated carbocycles. The Balaban J connectivity index is 1.54. The van der Waals surface area contributed by atoms with Crippen molar-refractivity contribution in [1.82, 2.24) is 10.1 Å². The molecule has 0 atom stereocenters. The number of aromatic nitrogens is 2. The molecule has 1 amide bonds. The fraction of sp³-hybridized carbons (Fsp3) is 0.158. The van der Waals surface area contributed by atoms with Crippen molar-refractivity contribution in [2.75, 3.05) is 5.32 Å². The molecular weight excluding hydrogens is 370 g/mol. The zero-order valence-electron chi connectivity index (χ0n) is 14.2. The predicted octanol–water partition coefficient (Wildman–Crippen LogP) is 4.05. The molecule has 7 nitrogen and oxygen atoms in total. The van der Waals surface area contributed by atoms with E-state index in [1.54, 1.807) is 30.3 Å². The lowest BCUT2D eigenvalue weighted by molar-refractivity contribution is -0.116. The highest BCUT2D eigenvalue weighted by molar-refractivity contribution is 6.33. The molecule has 0 radical (unpaired) electrons. The number of carboxylic acids is 1. The molecule has 1 aromatic heterocycles. The Morgan fingerprint density at radius 2 is 1.85 bits per heavy atom. The number of hydrogen-bond acceptors (Lipinski definition) is 5. The Labute approximate surface area is 160 Å². The summed E-state index contributed by atoms with van der Waals surface area (Å²) in [4.78, 5) is 27.5. The third-order valence-corrected chi connectivity index (χ3v) is 4.14. The van der Waals surface area contributed by atoms with Gasteiger partial charge in [-0.3, -0.25) is 4.79 Å². The summed E-state index contributed by atoms with van der Waals surface area (Å²) in [7, 11) is 0. The van der Waals surface area contributed by atoms with Crippen molar-refractivity contribution < 1.29 is 19.2 Å². The molecule has 8 heteroatoms. The van der Waals surface area contributed by atoms with E-state index in [2.05, 4.69) is 15.5 Å². The second-order valence-corrected chi connectivity index (χ2v) is 6.15. The van der Waals surface area contributed by atoms with Crippen molar-refractivity contribution in [3.05, 3.63) is 65.0 Å². The van der Waals surface area contributed by atoms with E-state index in [-0.39, 0.29) is 23.6 Å². The number of amides is 1. The maximum atomic E-state index is 12.1. The number of carbonyl (C=O) groups excluding carboxylic acids is 1. The smallest absolute Gasteiger partial charge is 0.337 e. The van der Waals surface area contributed by atoms with E-state index >= 15 is 0 Å². The summed E-state index contributed by atoms with van der Waals surface area (Å²) < 4.78 is 5.20. The van der Waals surface area contributed by atoms with Gasteiger partial charge in [0.05, 0.1) is 16.3 Å². The number of aryl methyl sites for hydroxylation is 1. The first-order valence-corrected chi connectivity index (χ1v) is 8.62. The minimum Gasteiger partial charge on any atom is -0.478 e. The second-order valence-electron chi connectivity index (χ2n) is 5.74. The lowest BCUT2D eigenvalue weighted by Crippen LogP contribution is -2.14. The molecule has 0 aliphatic rings. The summed E-state index contributed by atoms with van der Waals surface area (Å²) in [5, 5.41) is 16.2. The van der Waals surface area contributed by atoms with Crippen LogP contribution in [0.25, 0.3) is 11.4 Å². The minimum absolute atomic E-state index is 0.0483. The number of anilines is 1. The maximum Gasteiger partial charge on any atom is 0.337 e. The number of para-hydroxylation sites is 1. The first-order valence-electron chi connectivity index (χ1n) is 8.24. The highest BCUT2D eigenvalue weighted by atomic mass is 35.5. The van der Waals surface area contributed by atoms with Gasteiger partial charge in [0.15, 0.2) is 0 Å². The standard InChI is InChI=1S/C19H16ClN3O4/c20-14-8-3-1-6-12(14)18-22-17(27-23-18)11-5-10-16(24)21-15-9-4-2-7-13(15)19(25)26/h1-4,6-9H,5,10-11H2,(H,21,24)(H,25,26). The lowest BCUT2D eigenvalue weighted by Gasteiger charge is -2.07. The molecule has 138 valence electrons. The van der Waals surface area contributed by atoms with E-state index in [1.165, 1.54) is 6.07 Å². The van der Waals surface area contributed by atoms with Crippen molar-refractivity contribution in [1.29, 1.82) is 0 Å². The summed E-state index contributed by atoms with van der Waals surface area (Å²) in [6.45, 7) is 0. The van der Waals surface area contributed by atoms with Crippen LogP contribution in [0.5, 0.6) is 0 Å². The van der Waals surface area contributed by atoms with Crippen LogP contribution in [0.15, 0.2) is 53.1 Å². The molecule has 2 N–H and O–H groups in total. The Bertz CT molecular complexity index is 971. The molecule has 3 aromatic rings. The van der Waals surface area contributed by atoms with E-state index in [0.29, 0.717) is 35.1 Å². The number of hydrogen-bond donors (Lipinski definition) is 2. The second kappa shape index (κ2) is 8.46. The Morgan fingerprint density at radius 3 is 2.63 bits per heavy atom. The quantitative estimate of drug-likeness (QED) is 0.635. The number of benzene rings is 2. The van der Waals surface area contributed by atoms with Gasteiger partial charge in [-0.2, -0.15) is 4.98 Å². The summed E-state index contributed by atoms with van der Waals surface area (Å²) in [5.74, 6) is -0.572. The molecule has 2 aromatic carbocycles. The van der Waals surface area contributed by atoms with E-state index in [9.17, 15) is 9.59 Å². The summed E-state index contributed by atoms with van der Waals surface area (Å²) >= 11 is 6.11. The Hall–Kier alpha value is -3.19. The van der Waals surface area contributed by atoms with E-state index < -0.39 is 5.97 Å². The van der Waals surface area contributed by atoms with Gasteiger partial charge >= 0.3 is 5.97 Å². The zero-order chi connectivity index (χ0) is 19.2. The average Bonchev–Trinajstić information content (AvgIpc) is 3.11. The van der Waals surface area contributed by atoms with Gasteiger partial charge in [-0.05, 0) is 30.7 Å². The Morgan fingerprint density at radius 1 is 1.11 bits per heavy atom. The zero-order valence-corrected chi connectivity index (χ0v) is 14.9. The molecule has 3 rings (SSSR count). The number of halogens is 1. The fourth-order valence-electron chi connectivity index (χ4n) is 2.50. The number of aromatic carboxylic acids is 1. The van der Waals surface area contributed by atoms with Gasteiger partial charge in [-0.25, -0.2) is 4.79 Å². The van der Waals surface area contributed by atoms with E-state index in [4.69, 9.17) is 21.2 Å². The molecule has 0 aliphatic carbocycles. The first-order chi connectivity index (χ1) is 13.0. The van der Waals surface area contributed by atoms with Crippen LogP contribution < -0.4 is 5.32 Å². The number of nitrogens with one attached hydrogen (secondary N) is 1. The van der Waals surface area contributed by atoms with E-state index in [0.717, 1.165) is 0 Å². The third-order valence-electron chi connectivity index (χ3n) is 3.81. The normalized spacial score (nSPS) is 10.6. The molecular formula is C19H16ClN3O4. The Kier molecular flexibility index (Phi) is 5.83. The number of carbonyl (C=O) groups is 2. The summed E-state index contributed by atoms with van der Waals surface area (Å²) in [6, 6.07) is 13.4. The van der Waals surface area contributed by atoms with Gasteiger partial charge in [-0.15, -0.1) is 0 Å². The van der Waals surface area contributed by atoms with Crippen LogP contribution in [0.3, 0.4) is 0 Å². The molecule has 0 aliphatic heterocycles. The molecule has 0 bridgehead atoms. The number of carboxylic acid groups (broad SMARTS) is 1. The van der Waals surface area contributed by atoms with Crippen molar-refractivity contribution in [2.24, 2.45) is 0 Å². The van der Waals surface area contributed by atoms with E-state index in [1.807, 2.05) is 12.1 Å². The van der Waals surface area contributed by atoms with Crippen molar-refractivity contribution in [2.45, 2.75) is 19.3 Å². The van der Waals surface area contributed by atoms with Crippen LogP contribution in [0.1, 0.15) is 29.1 Å². The van der Waals surface area contributed by atoms with Crippen LogP contribution in [0.4, 0.5) is 5.69 Å². The average molecular weight is 386 g/mol. The molecule has 0 fully saturated rings. The van der Waals surface area contributed by atoms with Crippen LogP contribution >= 0.6 is 11.6 Å². The molecule has 0 spiro atoms. The highest BCUT2D eigenvalue weighted by Crippen LogP contribution is 2.25. The largest absolute Gasteiger partial charge is 0.478 e. The van der Waals surface area contributed by atoms with Gasteiger partial charge in [0.2, 0.25) is 17.6 Å². The SMILES string of the molecule is O=C(CCCc1nc(-c2ccccc2Cl)no1)Nc1ccccc1C(=O)O. The van der Waals surface area contributed by atoms with Gasteiger partial charge in [0, 0.05) is 18.4 Å². The lowest BCUT2D eigenvalue weighted by atomic mass is 10.1. The van der Waals surface area contributed by atoms with Gasteiger partial charge in [-0.1, -0.05) is 41.0 Å². The topological polar surface area (TPSA) is 105 Å². The predicted molar refractivity (Wildman–Crippen MR) is 99.7 cm³/mol. The van der Waals surface area contributed by atoms with Crippen LogP contribution in [0, 0.1) is 0 Å². The van der Waals surface area contributed by atoms with Crippen molar-refractivity contribution in [3.63, 3.8) is 0 Å². The molecule has 27 heavy (non-hydrogen) atoms. The minimum atomic E-state index is -1.09. The molecule has 0 unspecified atom stereocenters. The van der Waals surface area contributed by atoms with Crippen LogP contribution in [-0.4, -0.2) is 27.1 Å². The summed E-state index contributed by atoms with van der Waals surface area (Å²) in [6.07, 6.45) is 1.09. The molecule has 0 saturated heterocycles. The summed E-state index contributed by atoms with van der Waals surface area (Å²) in [5.41, 5.74) is 0.998. The van der Waals surface area contributed by atoms with Crippen molar-refractivity contribution >= 4 is 29.2 Å². The highest BCUT2D eigenvalue weighted by Gasteiger charge is 2.14. The first kappa shape index (κ1) is 18.6. The number of rotatable bonds is 7. The fourth-order valence-corrected chi connectivity index (χ4v) is 2.72. The third kappa shape index (κ3) is 4.71. The maximum absolute atomic E-state index is 12.1. The van der Waals surface area contributed by atoms with Gasteiger partial charge in [0.25, 0.3) is 0 Å². The monoisotopic (exact) mass is 385 g/mol. The van der Waals surface area contributed by atoms with Crippen molar-refractivity contribution in [3.8, 4) is 11.4 Å². The van der Waals surface area contributed by atoms with Crippen LogP contribution in [-0.2, 0) is 11.2 Å². The van der Waals surface area contributed by atoms with Gasteiger partial charge in [0.1, 0.15) is 0 Å². The molecule has 1 heterocycles. The van der Waals surface area contributed by atoms with Crippen LogP contribution in [0.2, 0.25) is 5.02 Å². The van der Waals surface area contributed by atoms with Gasteiger partial charge < -0.3 is 14.9 Å². The number of nitrogens with zero attached hydrogens (tertiary/aromatic N) is 2.